The molecule has 0 saturated carbocycles. The van der Waals surface area contributed by atoms with Crippen LogP contribution in [0, 0.1) is 0 Å². The molecule has 1 atom stereocenters. The second kappa shape index (κ2) is 50.5. The summed E-state index contributed by atoms with van der Waals surface area (Å²) in [7, 11) is 0. The maximum absolute atomic E-state index is 12.8. The number of carbonyl (C=O) groups is 3. The van der Waals surface area contributed by atoms with Crippen LogP contribution in [-0.4, -0.2) is 37.2 Å². The fraction of sp³-hybridized carbons (Fsp3) is 0.732. The summed E-state index contributed by atoms with van der Waals surface area (Å²) in [6.07, 6.45) is 63.1. The maximum Gasteiger partial charge on any atom is 0.306 e. The molecule has 1 unspecified atom stereocenters. The van der Waals surface area contributed by atoms with Gasteiger partial charge in [0.1, 0.15) is 13.2 Å². The minimum Gasteiger partial charge on any atom is -0.462 e. The Morgan fingerprint density at radius 3 is 1.06 bits per heavy atom. The van der Waals surface area contributed by atoms with E-state index in [9.17, 15) is 14.4 Å². The molecule has 62 heavy (non-hydrogen) atoms. The van der Waals surface area contributed by atoms with Gasteiger partial charge in [-0.15, -0.1) is 0 Å². The van der Waals surface area contributed by atoms with E-state index in [0.29, 0.717) is 19.3 Å². The van der Waals surface area contributed by atoms with E-state index in [-0.39, 0.29) is 31.1 Å². The molecule has 0 aliphatic carbocycles. The van der Waals surface area contributed by atoms with Gasteiger partial charge in [-0.2, -0.15) is 0 Å². The predicted octanol–water partition coefficient (Wildman–Crippen LogP) is 17.0. The molecule has 6 nitrogen and oxygen atoms in total. The van der Waals surface area contributed by atoms with Gasteiger partial charge in [-0.25, -0.2) is 0 Å². The summed E-state index contributed by atoms with van der Waals surface area (Å²) in [5.41, 5.74) is 0. The molecule has 0 bridgehead atoms. The molecule has 0 spiro atoms. The van der Waals surface area contributed by atoms with Crippen LogP contribution in [-0.2, 0) is 28.6 Å². The van der Waals surface area contributed by atoms with Crippen LogP contribution in [0.2, 0.25) is 0 Å². The molecule has 0 heterocycles. The van der Waals surface area contributed by atoms with Crippen molar-refractivity contribution in [2.45, 2.75) is 252 Å². The van der Waals surface area contributed by atoms with Gasteiger partial charge in [0.15, 0.2) is 6.10 Å². The second-order valence-corrected chi connectivity index (χ2v) is 17.1. The second-order valence-electron chi connectivity index (χ2n) is 17.1. The molecule has 356 valence electrons. The highest BCUT2D eigenvalue weighted by atomic mass is 16.6. The van der Waals surface area contributed by atoms with E-state index in [1.54, 1.807) is 0 Å². The van der Waals surface area contributed by atoms with Crippen molar-refractivity contribution in [2.75, 3.05) is 13.2 Å². The number of unbranched alkanes of at least 4 members (excludes halogenated alkanes) is 23. The van der Waals surface area contributed by atoms with Crippen LogP contribution in [0.5, 0.6) is 0 Å². The lowest BCUT2D eigenvalue weighted by molar-refractivity contribution is -0.167. The molecule has 0 saturated heterocycles. The Morgan fingerprint density at radius 1 is 0.339 bits per heavy atom. The first kappa shape index (κ1) is 58.9. The maximum atomic E-state index is 12.8. The molecule has 0 aromatic rings. The van der Waals surface area contributed by atoms with Gasteiger partial charge in [0, 0.05) is 19.3 Å². The minimum atomic E-state index is -0.795. The Bertz CT molecular complexity index is 1180. The molecule has 0 amide bonds. The van der Waals surface area contributed by atoms with Crippen LogP contribution in [0.3, 0.4) is 0 Å². The van der Waals surface area contributed by atoms with Crippen molar-refractivity contribution in [3.05, 3.63) is 72.9 Å². The number of ether oxygens (including phenoxy) is 3. The topological polar surface area (TPSA) is 78.9 Å². The number of carbonyl (C=O) groups excluding carboxylic acids is 3. The fourth-order valence-electron chi connectivity index (χ4n) is 7.04. The lowest BCUT2D eigenvalue weighted by atomic mass is 10.0. The predicted molar refractivity (Wildman–Crippen MR) is 265 cm³/mol. The monoisotopic (exact) mass is 865 g/mol. The molecular weight excluding hydrogens is 769 g/mol. The number of allylic oxidation sites excluding steroid dienone is 12. The molecule has 0 rings (SSSR count). The lowest BCUT2D eigenvalue weighted by Gasteiger charge is -2.18. The first-order valence-electron chi connectivity index (χ1n) is 25.9. The van der Waals surface area contributed by atoms with Crippen molar-refractivity contribution in [2.24, 2.45) is 0 Å². The molecule has 0 aromatic carbocycles. The van der Waals surface area contributed by atoms with E-state index in [1.807, 2.05) is 0 Å². The molecule has 0 radical (unpaired) electrons. The average Bonchev–Trinajstić information content (AvgIpc) is 3.27. The summed E-state index contributed by atoms with van der Waals surface area (Å²) >= 11 is 0. The number of hydrogen-bond donors (Lipinski definition) is 0. The van der Waals surface area contributed by atoms with Gasteiger partial charge in [-0.3, -0.25) is 14.4 Å². The van der Waals surface area contributed by atoms with Crippen LogP contribution in [0.15, 0.2) is 72.9 Å². The van der Waals surface area contributed by atoms with Crippen LogP contribution < -0.4 is 0 Å². The van der Waals surface area contributed by atoms with Crippen molar-refractivity contribution >= 4 is 17.9 Å². The van der Waals surface area contributed by atoms with Gasteiger partial charge in [0.2, 0.25) is 0 Å². The third-order valence-electron chi connectivity index (χ3n) is 10.9. The first-order chi connectivity index (χ1) is 30.5. The van der Waals surface area contributed by atoms with E-state index >= 15 is 0 Å². The van der Waals surface area contributed by atoms with Gasteiger partial charge >= 0.3 is 17.9 Å². The standard InChI is InChI=1S/C56H96O6/c1-4-7-10-13-16-19-22-25-28-31-34-37-40-43-46-49-55(58)61-52-53(51-60-54(57)48-45-42-39-36-33-30-27-24-21-18-15-12-9-6-3)62-56(59)50-47-44-41-38-35-32-29-26-23-20-17-14-11-8-5-2/h7,10,15-16,18-19,24-25,27-28,34,37,53H,4-6,8-9,11-14,17,20-23,26,29-33,35-36,38-52H2,1-3H3/b10-7-,18-15-,19-16-,27-24-,28-25-,37-34-. The van der Waals surface area contributed by atoms with E-state index in [4.69, 9.17) is 14.2 Å². The zero-order chi connectivity index (χ0) is 45.1. The van der Waals surface area contributed by atoms with Gasteiger partial charge in [-0.1, -0.05) is 216 Å². The van der Waals surface area contributed by atoms with Crippen molar-refractivity contribution in [3.8, 4) is 0 Å². The Hall–Kier alpha value is -3.15. The molecule has 0 N–H and O–H groups in total. The molecule has 6 heteroatoms. The molecule has 0 aromatic heterocycles. The van der Waals surface area contributed by atoms with Crippen LogP contribution in [0.1, 0.15) is 245 Å². The van der Waals surface area contributed by atoms with Gasteiger partial charge < -0.3 is 14.2 Å². The van der Waals surface area contributed by atoms with E-state index in [1.165, 1.54) is 96.3 Å². The Kier molecular flexibility index (Phi) is 47.9. The Balaban J connectivity index is 4.46. The van der Waals surface area contributed by atoms with Crippen molar-refractivity contribution in [1.82, 2.24) is 0 Å². The summed E-state index contributed by atoms with van der Waals surface area (Å²) in [4.78, 5) is 38.0. The smallest absolute Gasteiger partial charge is 0.306 e. The largest absolute Gasteiger partial charge is 0.462 e. The zero-order valence-corrected chi connectivity index (χ0v) is 40.6. The molecule has 0 aliphatic heterocycles. The highest BCUT2D eigenvalue weighted by Gasteiger charge is 2.19. The highest BCUT2D eigenvalue weighted by Crippen LogP contribution is 2.15. The van der Waals surface area contributed by atoms with Gasteiger partial charge in [0.25, 0.3) is 0 Å². The number of esters is 3. The van der Waals surface area contributed by atoms with Gasteiger partial charge in [0.05, 0.1) is 0 Å². The van der Waals surface area contributed by atoms with Crippen molar-refractivity contribution in [1.29, 1.82) is 0 Å². The quantitative estimate of drug-likeness (QED) is 0.0262. The van der Waals surface area contributed by atoms with E-state index in [2.05, 4.69) is 93.7 Å². The minimum absolute atomic E-state index is 0.0946. The zero-order valence-electron chi connectivity index (χ0n) is 40.6. The third kappa shape index (κ3) is 47.9. The van der Waals surface area contributed by atoms with Crippen LogP contribution >= 0.6 is 0 Å². The summed E-state index contributed by atoms with van der Waals surface area (Å²) < 4.78 is 16.8. The van der Waals surface area contributed by atoms with Crippen molar-refractivity contribution in [3.63, 3.8) is 0 Å². The van der Waals surface area contributed by atoms with Crippen molar-refractivity contribution < 1.29 is 28.6 Å². The Morgan fingerprint density at radius 2 is 0.645 bits per heavy atom. The molecule has 0 aliphatic rings. The van der Waals surface area contributed by atoms with E-state index < -0.39 is 6.10 Å². The first-order valence-corrected chi connectivity index (χ1v) is 25.9. The third-order valence-corrected chi connectivity index (χ3v) is 10.9. The summed E-state index contributed by atoms with van der Waals surface area (Å²) in [6, 6.07) is 0. The van der Waals surface area contributed by atoms with Crippen LogP contribution in [0.4, 0.5) is 0 Å². The number of rotatable bonds is 46. The summed E-state index contributed by atoms with van der Waals surface area (Å²) in [6.45, 7) is 6.44. The Labute approximate surface area is 382 Å². The summed E-state index contributed by atoms with van der Waals surface area (Å²) in [5, 5.41) is 0. The average molecular weight is 865 g/mol. The SMILES string of the molecule is CC/C=C\C/C=C\C/C=C\C/C=C\CCCCC(=O)OCC(COC(=O)CCCCCCC/C=C\C/C=C\CCCC)OC(=O)CCCCCCCCCCCCCCCCC. The fourth-order valence-corrected chi connectivity index (χ4v) is 7.04. The van der Waals surface area contributed by atoms with Crippen LogP contribution in [0.25, 0.3) is 0 Å². The molecular formula is C56H96O6. The van der Waals surface area contributed by atoms with E-state index in [0.717, 1.165) is 109 Å². The van der Waals surface area contributed by atoms with Gasteiger partial charge in [-0.05, 0) is 83.5 Å². The normalized spacial score (nSPS) is 12.6. The summed E-state index contributed by atoms with van der Waals surface area (Å²) in [5.74, 6) is -0.946. The molecule has 0 fully saturated rings. The highest BCUT2D eigenvalue weighted by molar-refractivity contribution is 5.71. The lowest BCUT2D eigenvalue weighted by Crippen LogP contribution is -2.30. The number of hydrogen-bond acceptors (Lipinski definition) is 6.